The summed E-state index contributed by atoms with van der Waals surface area (Å²) in [6, 6.07) is 12.7. The van der Waals surface area contributed by atoms with E-state index in [1.807, 2.05) is 38.1 Å². The fourth-order valence-electron chi connectivity index (χ4n) is 3.21. The van der Waals surface area contributed by atoms with Crippen molar-refractivity contribution in [3.05, 3.63) is 53.6 Å². The molecule has 1 heterocycles. The van der Waals surface area contributed by atoms with Gasteiger partial charge in [-0.3, -0.25) is 4.31 Å². The minimum Gasteiger partial charge on any atom is -0.496 e. The van der Waals surface area contributed by atoms with Gasteiger partial charge in [-0.15, -0.1) is 0 Å². The van der Waals surface area contributed by atoms with Gasteiger partial charge in [-0.2, -0.15) is 0 Å². The number of fused-ring (bicyclic) bond motifs is 1. The Hall–Kier alpha value is -2.01. The van der Waals surface area contributed by atoms with Crippen molar-refractivity contribution in [2.45, 2.75) is 37.6 Å². The molecule has 2 aromatic carbocycles. The third-order valence-corrected chi connectivity index (χ3v) is 6.26. The zero-order valence-corrected chi connectivity index (χ0v) is 14.4. The molecule has 122 valence electrons. The van der Waals surface area contributed by atoms with E-state index < -0.39 is 10.0 Å². The Morgan fingerprint density at radius 1 is 1.22 bits per heavy atom. The number of hydrogen-bond donors (Lipinski definition) is 0. The third kappa shape index (κ3) is 2.59. The first-order valence-electron chi connectivity index (χ1n) is 7.78. The number of hydrogen-bond acceptors (Lipinski definition) is 3. The van der Waals surface area contributed by atoms with Gasteiger partial charge in [0.2, 0.25) is 0 Å². The molecule has 5 heteroatoms. The van der Waals surface area contributed by atoms with E-state index in [0.717, 1.165) is 35.4 Å². The lowest BCUT2D eigenvalue weighted by Gasteiger charge is -2.25. The molecule has 3 rings (SSSR count). The van der Waals surface area contributed by atoms with Gasteiger partial charge in [-0.1, -0.05) is 25.1 Å². The Morgan fingerprint density at radius 3 is 2.65 bits per heavy atom. The first-order chi connectivity index (χ1) is 11.0. The van der Waals surface area contributed by atoms with Crippen molar-refractivity contribution in [1.29, 1.82) is 0 Å². The number of anilines is 1. The molecular formula is C18H21NO3S. The SMILES string of the molecule is CCc1cc(S(=O)(=O)N2c3ccccc3CC2C)ccc1OC. The summed E-state index contributed by atoms with van der Waals surface area (Å²) < 4.78 is 33.2. The van der Waals surface area contributed by atoms with Crippen molar-refractivity contribution >= 4 is 15.7 Å². The number of aryl methyl sites for hydroxylation is 1. The second-order valence-corrected chi connectivity index (χ2v) is 7.62. The minimum absolute atomic E-state index is 0.0791. The number of benzene rings is 2. The van der Waals surface area contributed by atoms with Crippen LogP contribution in [0.15, 0.2) is 47.4 Å². The van der Waals surface area contributed by atoms with Gasteiger partial charge in [0.1, 0.15) is 5.75 Å². The maximum Gasteiger partial charge on any atom is 0.264 e. The van der Waals surface area contributed by atoms with E-state index >= 15 is 0 Å². The van der Waals surface area contributed by atoms with Gasteiger partial charge in [0.05, 0.1) is 17.7 Å². The Kier molecular flexibility index (Phi) is 4.06. The fraction of sp³-hybridized carbons (Fsp3) is 0.333. The molecule has 0 radical (unpaired) electrons. The summed E-state index contributed by atoms with van der Waals surface area (Å²) in [6.45, 7) is 3.93. The van der Waals surface area contributed by atoms with Crippen LogP contribution >= 0.6 is 0 Å². The van der Waals surface area contributed by atoms with Crippen molar-refractivity contribution in [3.63, 3.8) is 0 Å². The molecule has 0 aliphatic carbocycles. The van der Waals surface area contributed by atoms with E-state index in [-0.39, 0.29) is 6.04 Å². The molecule has 4 nitrogen and oxygen atoms in total. The molecule has 0 aromatic heterocycles. The maximum absolute atomic E-state index is 13.2. The van der Waals surface area contributed by atoms with Gasteiger partial charge < -0.3 is 4.74 Å². The first-order valence-corrected chi connectivity index (χ1v) is 9.22. The molecule has 1 aliphatic rings. The number of rotatable bonds is 4. The van der Waals surface area contributed by atoms with Crippen LogP contribution in [-0.4, -0.2) is 21.6 Å². The quantitative estimate of drug-likeness (QED) is 0.863. The standard InChI is InChI=1S/C18H21NO3S/c1-4-14-12-16(9-10-18(14)22-3)23(20,21)19-13(2)11-15-7-5-6-8-17(15)19/h5-10,12-13H,4,11H2,1-3H3. The molecule has 0 N–H and O–H groups in total. The van der Waals surface area contributed by atoms with Crippen LogP contribution in [0.1, 0.15) is 25.0 Å². The average Bonchev–Trinajstić information content (AvgIpc) is 2.90. The molecule has 0 saturated heterocycles. The second kappa shape index (κ2) is 5.89. The van der Waals surface area contributed by atoms with Crippen molar-refractivity contribution in [3.8, 4) is 5.75 Å². The van der Waals surface area contributed by atoms with Crippen LogP contribution < -0.4 is 9.04 Å². The molecule has 1 aliphatic heterocycles. The van der Waals surface area contributed by atoms with Gasteiger partial charge in [0, 0.05) is 6.04 Å². The predicted octanol–water partition coefficient (Wildman–Crippen LogP) is 3.40. The van der Waals surface area contributed by atoms with Crippen LogP contribution in [0.2, 0.25) is 0 Å². The zero-order valence-electron chi connectivity index (χ0n) is 13.6. The van der Waals surface area contributed by atoms with Gasteiger partial charge in [-0.05, 0) is 55.2 Å². The van der Waals surface area contributed by atoms with Crippen LogP contribution in [0.4, 0.5) is 5.69 Å². The molecule has 23 heavy (non-hydrogen) atoms. The molecule has 0 spiro atoms. The lowest BCUT2D eigenvalue weighted by Crippen LogP contribution is -2.35. The number of sulfonamides is 1. The molecule has 1 atom stereocenters. The number of ether oxygens (including phenoxy) is 1. The van der Waals surface area contributed by atoms with E-state index in [2.05, 4.69) is 0 Å². The highest BCUT2D eigenvalue weighted by atomic mass is 32.2. The zero-order chi connectivity index (χ0) is 16.6. The Morgan fingerprint density at radius 2 is 1.96 bits per heavy atom. The lowest BCUT2D eigenvalue weighted by molar-refractivity contribution is 0.409. The van der Waals surface area contributed by atoms with Gasteiger partial charge in [0.15, 0.2) is 0 Å². The van der Waals surface area contributed by atoms with E-state index in [9.17, 15) is 8.42 Å². The molecular weight excluding hydrogens is 310 g/mol. The number of nitrogens with zero attached hydrogens (tertiary/aromatic N) is 1. The average molecular weight is 331 g/mol. The lowest BCUT2D eigenvalue weighted by atomic mass is 10.1. The predicted molar refractivity (Wildman–Crippen MR) is 91.6 cm³/mol. The topological polar surface area (TPSA) is 46.6 Å². The molecule has 1 unspecified atom stereocenters. The first kappa shape index (κ1) is 15.9. The largest absolute Gasteiger partial charge is 0.496 e. The van der Waals surface area contributed by atoms with Crippen LogP contribution in [0.25, 0.3) is 0 Å². The van der Waals surface area contributed by atoms with E-state index in [4.69, 9.17) is 4.74 Å². The highest BCUT2D eigenvalue weighted by molar-refractivity contribution is 7.92. The summed E-state index contributed by atoms with van der Waals surface area (Å²) in [6.07, 6.45) is 1.46. The van der Waals surface area contributed by atoms with Crippen LogP contribution in [0.3, 0.4) is 0 Å². The Balaban J connectivity index is 2.09. The number of para-hydroxylation sites is 1. The van der Waals surface area contributed by atoms with Crippen molar-refractivity contribution < 1.29 is 13.2 Å². The molecule has 0 fully saturated rings. The van der Waals surface area contributed by atoms with E-state index in [0.29, 0.717) is 4.90 Å². The minimum atomic E-state index is -3.58. The molecule has 2 aromatic rings. The van der Waals surface area contributed by atoms with Crippen molar-refractivity contribution in [2.75, 3.05) is 11.4 Å². The fourth-order valence-corrected chi connectivity index (χ4v) is 4.95. The molecule has 0 bridgehead atoms. The highest BCUT2D eigenvalue weighted by Gasteiger charge is 2.36. The summed E-state index contributed by atoms with van der Waals surface area (Å²) >= 11 is 0. The summed E-state index contributed by atoms with van der Waals surface area (Å²) in [5, 5.41) is 0. The van der Waals surface area contributed by atoms with Crippen LogP contribution in [0, 0.1) is 0 Å². The maximum atomic E-state index is 13.2. The Bertz CT molecular complexity index is 830. The van der Waals surface area contributed by atoms with Crippen LogP contribution in [-0.2, 0) is 22.9 Å². The van der Waals surface area contributed by atoms with E-state index in [1.165, 1.54) is 0 Å². The second-order valence-electron chi connectivity index (χ2n) is 5.81. The monoisotopic (exact) mass is 331 g/mol. The van der Waals surface area contributed by atoms with Crippen molar-refractivity contribution in [2.24, 2.45) is 0 Å². The normalized spacial score (nSPS) is 17.2. The summed E-state index contributed by atoms with van der Waals surface area (Å²) in [5.41, 5.74) is 2.76. The van der Waals surface area contributed by atoms with Gasteiger partial charge >= 0.3 is 0 Å². The highest BCUT2D eigenvalue weighted by Crippen LogP contribution is 2.37. The van der Waals surface area contributed by atoms with Crippen molar-refractivity contribution in [1.82, 2.24) is 0 Å². The molecule has 0 amide bonds. The van der Waals surface area contributed by atoms with E-state index in [1.54, 1.807) is 29.6 Å². The summed E-state index contributed by atoms with van der Waals surface area (Å²) in [5.74, 6) is 0.723. The van der Waals surface area contributed by atoms with Gasteiger partial charge in [0.25, 0.3) is 10.0 Å². The van der Waals surface area contributed by atoms with Crippen LogP contribution in [0.5, 0.6) is 5.75 Å². The summed E-state index contributed by atoms with van der Waals surface area (Å²) in [4.78, 5) is 0.318. The Labute approximate surface area is 137 Å². The van der Waals surface area contributed by atoms with Gasteiger partial charge in [-0.25, -0.2) is 8.42 Å². The summed E-state index contributed by atoms with van der Waals surface area (Å²) in [7, 11) is -1.98. The number of methoxy groups -OCH3 is 1. The third-order valence-electron chi connectivity index (χ3n) is 4.33. The smallest absolute Gasteiger partial charge is 0.264 e. The molecule has 0 saturated carbocycles.